The highest BCUT2D eigenvalue weighted by atomic mass is 13.9. The smallest absolute Gasteiger partial charge is 0.115 e. The van der Waals surface area contributed by atoms with Crippen LogP contribution in [0.15, 0.2) is 54.6 Å². The molecule has 0 unspecified atom stereocenters. The Bertz CT molecular complexity index is 619. The van der Waals surface area contributed by atoms with E-state index in [4.69, 9.17) is 1.37 Å². The third-order valence-corrected chi connectivity index (χ3v) is 2.18. The van der Waals surface area contributed by atoms with Gasteiger partial charge in [-0.15, -0.1) is 6.40 Å². The number of rotatable bonds is 0. The van der Waals surface area contributed by atoms with Crippen molar-refractivity contribution < 1.29 is 1.37 Å². The van der Waals surface area contributed by atoms with Crippen LogP contribution in [0.2, 0.25) is 0 Å². The molecule has 0 bridgehead atoms. The fraction of sp³-hybridized carbons (Fsp3) is 0. The molecule has 0 N–H and O–H groups in total. The monoisotopic (exact) mass is 203 g/mol. The molecule has 0 radical (unpaired) electrons. The third kappa shape index (κ3) is 2.32. The zero-order chi connectivity index (χ0) is 11.9. The van der Waals surface area contributed by atoms with E-state index in [0.29, 0.717) is 0 Å². The molecule has 0 nitrogen and oxygen atoms in total. The molecule has 16 heavy (non-hydrogen) atoms. The van der Waals surface area contributed by atoms with Crippen LogP contribution in [0.5, 0.6) is 0 Å². The highest BCUT2D eigenvalue weighted by Gasteiger charge is 1.93. The molecule has 2 aromatic rings. The summed E-state index contributed by atoms with van der Waals surface area (Å²) in [5, 5.41) is 0. The van der Waals surface area contributed by atoms with Crippen molar-refractivity contribution in [2.45, 2.75) is 0 Å². The molecule has 0 aromatic heterocycles. The average Bonchev–Trinajstić information content (AvgIpc) is 2.39. The minimum atomic E-state index is 0.797. The summed E-state index contributed by atoms with van der Waals surface area (Å²) in [6, 6.07) is 17.4. The van der Waals surface area contributed by atoms with Gasteiger partial charge in [-0.25, -0.2) is 0 Å². The van der Waals surface area contributed by atoms with Crippen molar-refractivity contribution in [3.8, 4) is 24.2 Å². The first-order chi connectivity index (χ1) is 8.40. The molecule has 0 aliphatic heterocycles. The number of hydrogen-bond donors (Lipinski definition) is 0. The van der Waals surface area contributed by atoms with Crippen molar-refractivity contribution in [3.05, 3.63) is 71.3 Å². The Balaban J connectivity index is 2.36. The fourth-order valence-electron chi connectivity index (χ4n) is 1.36. The van der Waals surface area contributed by atoms with Gasteiger partial charge in [-0.05, 0) is 24.3 Å². The van der Waals surface area contributed by atoms with Gasteiger partial charge in [0.05, 0.1) is 0 Å². The van der Waals surface area contributed by atoms with Crippen molar-refractivity contribution in [1.29, 1.82) is 0 Å². The Kier molecular flexibility index (Phi) is 2.69. The van der Waals surface area contributed by atoms with Crippen LogP contribution in [0.25, 0.3) is 0 Å². The quantitative estimate of drug-likeness (QED) is 0.577. The number of hydrogen-bond acceptors (Lipinski definition) is 0. The maximum atomic E-state index is 6.92. The van der Waals surface area contributed by atoms with E-state index >= 15 is 0 Å². The van der Waals surface area contributed by atoms with E-state index < -0.39 is 0 Å². The lowest BCUT2D eigenvalue weighted by molar-refractivity contribution is 1.58. The lowest BCUT2D eigenvalue weighted by atomic mass is 10.1. The summed E-state index contributed by atoms with van der Waals surface area (Å²) in [7, 11) is 0. The van der Waals surface area contributed by atoms with E-state index in [2.05, 4.69) is 24.2 Å². The van der Waals surface area contributed by atoms with Crippen LogP contribution >= 0.6 is 0 Å². The zero-order valence-corrected chi connectivity index (χ0v) is 8.70. The van der Waals surface area contributed by atoms with E-state index in [-0.39, 0.29) is 0 Å². The van der Waals surface area contributed by atoms with Gasteiger partial charge in [0.15, 0.2) is 0 Å². The molecule has 0 saturated carbocycles. The summed E-state index contributed by atoms with van der Waals surface area (Å²) in [6.07, 6.45) is 2.15. The second kappa shape index (κ2) is 4.87. The average molecular weight is 203 g/mol. The predicted octanol–water partition coefficient (Wildman–Crippen LogP) is 3.07. The normalized spacial score (nSPS) is 9.12. The van der Waals surface area contributed by atoms with Gasteiger partial charge in [-0.1, -0.05) is 48.1 Å². The molecule has 0 aliphatic rings. The van der Waals surface area contributed by atoms with Crippen molar-refractivity contribution in [2.75, 3.05) is 0 Å². The fourth-order valence-corrected chi connectivity index (χ4v) is 1.36. The summed E-state index contributed by atoms with van der Waals surface area (Å²) in [4.78, 5) is 0. The Labute approximate surface area is 97.4 Å². The molecule has 0 heterocycles. The van der Waals surface area contributed by atoms with E-state index in [0.717, 1.165) is 16.7 Å². The van der Waals surface area contributed by atoms with Gasteiger partial charge < -0.3 is 0 Å². The summed E-state index contributed by atoms with van der Waals surface area (Å²) in [5.41, 5.74) is 2.63. The zero-order valence-electron chi connectivity index (χ0n) is 9.70. The van der Waals surface area contributed by atoms with Crippen molar-refractivity contribution in [1.82, 2.24) is 0 Å². The minimum Gasteiger partial charge on any atom is -0.115 e. The highest BCUT2D eigenvalue weighted by Crippen LogP contribution is 2.05. The minimum absolute atomic E-state index is 0.797. The molecule has 0 heteroatoms. The highest BCUT2D eigenvalue weighted by molar-refractivity contribution is 5.51. The number of benzene rings is 2. The molecule has 2 rings (SSSR count). The van der Waals surface area contributed by atoms with Gasteiger partial charge in [0.25, 0.3) is 0 Å². The van der Waals surface area contributed by atoms with E-state index in [9.17, 15) is 0 Å². The maximum Gasteiger partial charge on any atom is 0.124 e. The van der Waals surface area contributed by atoms with Crippen LogP contribution < -0.4 is 0 Å². The van der Waals surface area contributed by atoms with Crippen LogP contribution in [0, 0.1) is 24.2 Å². The lowest BCUT2D eigenvalue weighted by Crippen LogP contribution is -1.81. The van der Waals surface area contributed by atoms with Gasteiger partial charge in [-0.2, -0.15) is 0 Å². The lowest BCUT2D eigenvalue weighted by Gasteiger charge is -1.94. The van der Waals surface area contributed by atoms with Crippen LogP contribution in [-0.2, 0) is 0 Å². The first-order valence-corrected chi connectivity index (χ1v) is 4.99. The predicted molar refractivity (Wildman–Crippen MR) is 66.8 cm³/mol. The second-order valence-electron chi connectivity index (χ2n) is 3.29. The maximum absolute atomic E-state index is 6.92. The Hall–Kier alpha value is -2.44. The topological polar surface area (TPSA) is 0 Å². The van der Waals surface area contributed by atoms with Gasteiger partial charge in [-0.3, -0.25) is 0 Å². The first-order valence-electron chi connectivity index (χ1n) is 5.49. The standard InChI is InChI=1S/C16H10/c1-2-15-10-6-7-11-16(15)13-12-14-8-4-3-5-9-14/h1,3-11H/i1D. The van der Waals surface area contributed by atoms with E-state index in [1.165, 1.54) is 0 Å². The summed E-state index contributed by atoms with van der Waals surface area (Å²) < 4.78 is 6.92. The molecular weight excluding hydrogens is 192 g/mol. The first kappa shape index (κ1) is 8.84. The van der Waals surface area contributed by atoms with Gasteiger partial charge >= 0.3 is 0 Å². The summed E-state index contributed by atoms with van der Waals surface area (Å²) >= 11 is 0. The van der Waals surface area contributed by atoms with Crippen LogP contribution in [0.4, 0.5) is 0 Å². The van der Waals surface area contributed by atoms with Crippen LogP contribution in [0.1, 0.15) is 18.1 Å². The van der Waals surface area contributed by atoms with Crippen LogP contribution in [-0.4, -0.2) is 0 Å². The third-order valence-electron chi connectivity index (χ3n) is 2.18. The molecule has 0 aliphatic carbocycles. The van der Waals surface area contributed by atoms with Gasteiger partial charge in [0.1, 0.15) is 1.37 Å². The van der Waals surface area contributed by atoms with Crippen molar-refractivity contribution in [2.24, 2.45) is 0 Å². The van der Waals surface area contributed by atoms with E-state index in [1.54, 1.807) is 0 Å². The van der Waals surface area contributed by atoms with Gasteiger partial charge in [0, 0.05) is 16.7 Å². The van der Waals surface area contributed by atoms with Crippen molar-refractivity contribution in [3.63, 3.8) is 0 Å². The number of terminal acetylenes is 1. The molecular formula is C16H10. The largest absolute Gasteiger partial charge is 0.124 e. The van der Waals surface area contributed by atoms with Crippen LogP contribution in [0.3, 0.4) is 0 Å². The second-order valence-corrected chi connectivity index (χ2v) is 3.29. The molecule has 0 atom stereocenters. The summed E-state index contributed by atoms with van der Waals surface area (Å²) in [5.74, 6) is 8.89. The SMILES string of the molecule is [2H]C#Cc1ccccc1C#Cc1ccccc1. The Morgan fingerprint density at radius 1 is 0.812 bits per heavy atom. The molecule has 74 valence electrons. The van der Waals surface area contributed by atoms with Crippen molar-refractivity contribution >= 4 is 0 Å². The Morgan fingerprint density at radius 2 is 1.50 bits per heavy atom. The summed E-state index contributed by atoms with van der Waals surface area (Å²) in [6.45, 7) is 0. The molecule has 0 fully saturated rings. The molecule has 0 amide bonds. The molecule has 0 saturated heterocycles. The Morgan fingerprint density at radius 3 is 2.25 bits per heavy atom. The molecule has 0 spiro atoms. The van der Waals surface area contributed by atoms with Gasteiger partial charge in [0.2, 0.25) is 0 Å². The molecule has 2 aromatic carbocycles. The van der Waals surface area contributed by atoms with E-state index in [1.807, 2.05) is 54.6 Å².